The Morgan fingerprint density at radius 1 is 1.00 bits per heavy atom. The molecule has 2 aromatic rings. The van der Waals surface area contributed by atoms with Crippen LogP contribution in [0.1, 0.15) is 82.7 Å². The first kappa shape index (κ1) is 32.2. The fourth-order valence-electron chi connectivity index (χ4n) is 4.45. The van der Waals surface area contributed by atoms with Crippen LogP contribution < -0.4 is 10.6 Å². The minimum Gasteiger partial charge on any atom is -0.444 e. The molecule has 7 nitrogen and oxygen atoms in total. The van der Waals surface area contributed by atoms with Crippen LogP contribution in [-0.2, 0) is 14.3 Å². The number of nitrogens with zero attached hydrogens (tertiary/aromatic N) is 1. The van der Waals surface area contributed by atoms with Crippen molar-refractivity contribution in [2.75, 3.05) is 11.9 Å². The Labute approximate surface area is 238 Å². The molecule has 2 aromatic carbocycles. The van der Waals surface area contributed by atoms with E-state index >= 15 is 0 Å². The molecule has 0 aliphatic heterocycles. The lowest BCUT2D eigenvalue weighted by molar-refractivity contribution is -0.141. The van der Waals surface area contributed by atoms with Gasteiger partial charge in [0.2, 0.25) is 5.91 Å². The number of rotatable bonds is 10. The maximum atomic E-state index is 14.2. The highest BCUT2D eigenvalue weighted by molar-refractivity contribution is 6.34. The molecule has 8 heteroatoms. The summed E-state index contributed by atoms with van der Waals surface area (Å²) < 4.78 is 5.46. The van der Waals surface area contributed by atoms with Gasteiger partial charge < -0.3 is 20.3 Å². The Kier molecular flexibility index (Phi) is 11.4. The highest BCUT2D eigenvalue weighted by Crippen LogP contribution is 2.32. The molecule has 0 heterocycles. The Morgan fingerprint density at radius 3 is 2.18 bits per heavy atom. The van der Waals surface area contributed by atoms with E-state index in [0.717, 1.165) is 22.3 Å². The number of ether oxygens (including phenoxy) is 1. The summed E-state index contributed by atoms with van der Waals surface area (Å²) in [6.07, 6.45) is 0.340. The van der Waals surface area contributed by atoms with E-state index < -0.39 is 23.8 Å². The van der Waals surface area contributed by atoms with E-state index in [9.17, 15) is 14.4 Å². The normalized spacial score (nSPS) is 13.0. The summed E-state index contributed by atoms with van der Waals surface area (Å²) in [4.78, 5) is 42.6. The van der Waals surface area contributed by atoms with E-state index in [1.807, 2.05) is 71.9 Å². The molecule has 0 aliphatic rings. The number of hydrogen-bond donors (Lipinski definition) is 2. The molecule has 2 atom stereocenters. The first-order chi connectivity index (χ1) is 18.2. The van der Waals surface area contributed by atoms with Gasteiger partial charge >= 0.3 is 6.09 Å². The molecule has 0 radical (unpaired) electrons. The van der Waals surface area contributed by atoms with Gasteiger partial charge in [-0.3, -0.25) is 9.59 Å². The molecule has 2 rings (SSSR count). The molecule has 0 spiro atoms. The van der Waals surface area contributed by atoms with E-state index in [4.69, 9.17) is 16.3 Å². The summed E-state index contributed by atoms with van der Waals surface area (Å²) >= 11 is 6.45. The second-order valence-corrected chi connectivity index (χ2v) is 11.9. The third-order valence-electron chi connectivity index (χ3n) is 6.42. The number of amides is 3. The molecular weight excluding hydrogens is 514 g/mol. The van der Waals surface area contributed by atoms with Gasteiger partial charge in [0, 0.05) is 6.54 Å². The van der Waals surface area contributed by atoms with Gasteiger partial charge in [0.05, 0.1) is 10.7 Å². The van der Waals surface area contributed by atoms with Gasteiger partial charge in [-0.1, -0.05) is 62.7 Å². The van der Waals surface area contributed by atoms with E-state index in [1.165, 1.54) is 0 Å². The summed E-state index contributed by atoms with van der Waals surface area (Å²) in [6, 6.07) is 9.34. The maximum absolute atomic E-state index is 14.2. The van der Waals surface area contributed by atoms with Crippen LogP contribution in [0.2, 0.25) is 5.02 Å². The number of alkyl carbamates (subject to hydrolysis) is 1. The highest BCUT2D eigenvalue weighted by Gasteiger charge is 2.37. The minimum atomic E-state index is -0.942. The number of carbonyl (C=O) groups excluding carboxylic acids is 3. The number of nitrogens with one attached hydrogen (secondary N) is 2. The summed E-state index contributed by atoms with van der Waals surface area (Å²) in [5.74, 6) is -0.605. The average Bonchev–Trinajstić information content (AvgIpc) is 2.81. The lowest BCUT2D eigenvalue weighted by Gasteiger charge is -2.35. The smallest absolute Gasteiger partial charge is 0.408 e. The van der Waals surface area contributed by atoms with Crippen molar-refractivity contribution in [3.05, 3.63) is 63.7 Å². The maximum Gasteiger partial charge on any atom is 0.408 e. The third kappa shape index (κ3) is 8.99. The molecule has 39 heavy (non-hydrogen) atoms. The van der Waals surface area contributed by atoms with Crippen molar-refractivity contribution in [2.45, 2.75) is 92.8 Å². The van der Waals surface area contributed by atoms with Crippen LogP contribution in [0.15, 0.2) is 36.4 Å². The summed E-state index contributed by atoms with van der Waals surface area (Å²) in [5.41, 5.74) is 3.26. The molecule has 0 aliphatic carbocycles. The van der Waals surface area contributed by atoms with Gasteiger partial charge in [0.1, 0.15) is 17.7 Å². The van der Waals surface area contributed by atoms with Crippen LogP contribution in [-0.4, -0.2) is 41.0 Å². The van der Waals surface area contributed by atoms with E-state index in [2.05, 4.69) is 10.6 Å². The minimum absolute atomic E-state index is 0.108. The lowest BCUT2D eigenvalue weighted by Crippen LogP contribution is -2.53. The molecule has 0 bridgehead atoms. The van der Waals surface area contributed by atoms with Gasteiger partial charge in [-0.05, 0) is 88.6 Å². The number of anilines is 1. The zero-order valence-electron chi connectivity index (χ0n) is 24.8. The Morgan fingerprint density at radius 2 is 1.62 bits per heavy atom. The van der Waals surface area contributed by atoms with Gasteiger partial charge in [-0.15, -0.1) is 0 Å². The molecule has 2 unspecified atom stereocenters. The average molecular weight is 558 g/mol. The van der Waals surface area contributed by atoms with Gasteiger partial charge in [-0.25, -0.2) is 4.79 Å². The quantitative estimate of drug-likeness (QED) is 0.325. The summed E-state index contributed by atoms with van der Waals surface area (Å²) in [7, 11) is 0. The first-order valence-electron chi connectivity index (χ1n) is 13.6. The van der Waals surface area contributed by atoms with Crippen LogP contribution >= 0.6 is 11.6 Å². The predicted octanol–water partition coefficient (Wildman–Crippen LogP) is 7.12. The van der Waals surface area contributed by atoms with Crippen molar-refractivity contribution in [2.24, 2.45) is 5.92 Å². The van der Waals surface area contributed by atoms with E-state index in [0.29, 0.717) is 30.1 Å². The molecule has 0 saturated heterocycles. The number of aryl methyl sites for hydroxylation is 2. The molecule has 214 valence electrons. The number of halogens is 1. The van der Waals surface area contributed by atoms with Crippen molar-refractivity contribution >= 4 is 35.2 Å². The second kappa shape index (κ2) is 13.8. The van der Waals surface area contributed by atoms with Crippen LogP contribution in [0, 0.1) is 26.7 Å². The van der Waals surface area contributed by atoms with Crippen molar-refractivity contribution in [1.82, 2.24) is 10.2 Å². The lowest BCUT2D eigenvalue weighted by atomic mass is 9.94. The topological polar surface area (TPSA) is 87.7 Å². The van der Waals surface area contributed by atoms with Crippen LogP contribution in [0.3, 0.4) is 0 Å². The number of hydrogen-bond acceptors (Lipinski definition) is 4. The van der Waals surface area contributed by atoms with Crippen LogP contribution in [0.4, 0.5) is 10.5 Å². The molecule has 2 N–H and O–H groups in total. The zero-order chi connectivity index (χ0) is 29.5. The number of benzene rings is 2. The Hall–Kier alpha value is -3.06. The fourth-order valence-corrected chi connectivity index (χ4v) is 4.72. The van der Waals surface area contributed by atoms with E-state index in [1.54, 1.807) is 31.7 Å². The summed E-state index contributed by atoms with van der Waals surface area (Å²) in [5, 5.41) is 6.19. The SMILES string of the molecule is CCCN(C(=O)C(CC(C)C)NC(=O)OC(C)(C)C)C(C(=O)Nc1c(C)cccc1Cl)c1cccc(C)c1C. The molecular formula is C31H44ClN3O4. The molecule has 0 fully saturated rings. The highest BCUT2D eigenvalue weighted by atomic mass is 35.5. The molecule has 3 amide bonds. The first-order valence-corrected chi connectivity index (χ1v) is 14.0. The summed E-state index contributed by atoms with van der Waals surface area (Å²) in [6.45, 7) is 17.3. The van der Waals surface area contributed by atoms with Crippen molar-refractivity contribution in [1.29, 1.82) is 0 Å². The predicted molar refractivity (Wildman–Crippen MR) is 158 cm³/mol. The molecule has 0 saturated carbocycles. The standard InChI is InChI=1S/C31H44ClN3O4/c1-10-17-35(29(37)25(18-19(2)3)33-30(38)39-31(7,8)9)27(23-15-11-13-20(4)22(23)6)28(36)34-26-21(5)14-12-16-24(26)32/h11-16,19,25,27H,10,17-18H2,1-9H3,(H,33,38)(H,34,36). The van der Waals surface area contributed by atoms with Crippen molar-refractivity contribution < 1.29 is 19.1 Å². The van der Waals surface area contributed by atoms with Crippen LogP contribution in [0.5, 0.6) is 0 Å². The van der Waals surface area contributed by atoms with Crippen LogP contribution in [0.25, 0.3) is 0 Å². The van der Waals surface area contributed by atoms with Gasteiger partial charge in [0.25, 0.3) is 5.91 Å². The van der Waals surface area contributed by atoms with Crippen molar-refractivity contribution in [3.63, 3.8) is 0 Å². The molecule has 0 aromatic heterocycles. The van der Waals surface area contributed by atoms with Gasteiger partial charge in [0.15, 0.2) is 0 Å². The number of carbonyl (C=O) groups is 3. The monoisotopic (exact) mass is 557 g/mol. The van der Waals surface area contributed by atoms with Gasteiger partial charge in [-0.2, -0.15) is 0 Å². The third-order valence-corrected chi connectivity index (χ3v) is 6.73. The Bertz CT molecular complexity index is 1150. The van der Waals surface area contributed by atoms with Crippen molar-refractivity contribution in [3.8, 4) is 0 Å². The fraction of sp³-hybridized carbons (Fsp3) is 0.516. The largest absolute Gasteiger partial charge is 0.444 e. The van der Waals surface area contributed by atoms with E-state index in [-0.39, 0.29) is 17.7 Å². The zero-order valence-corrected chi connectivity index (χ0v) is 25.5. The Balaban J connectivity index is 2.60. The number of para-hydroxylation sites is 1. The second-order valence-electron chi connectivity index (χ2n) is 11.5.